The monoisotopic (exact) mass is 492 g/mol. The molecule has 0 spiro atoms. The lowest BCUT2D eigenvalue weighted by Crippen LogP contribution is -2.36. The Morgan fingerprint density at radius 3 is 2.77 bits per heavy atom. The summed E-state index contributed by atoms with van der Waals surface area (Å²) in [6, 6.07) is 9.53. The zero-order valence-electron chi connectivity index (χ0n) is 19.8. The third kappa shape index (κ3) is 4.00. The van der Waals surface area contributed by atoms with E-state index >= 15 is 0 Å². The van der Waals surface area contributed by atoms with Gasteiger partial charge in [0, 0.05) is 43.2 Å². The molecule has 2 aromatic carbocycles. The highest BCUT2D eigenvalue weighted by Crippen LogP contribution is 2.38. The Morgan fingerprint density at radius 1 is 1.17 bits per heavy atom. The summed E-state index contributed by atoms with van der Waals surface area (Å²) in [4.78, 5) is 33.4. The molecule has 1 saturated heterocycles. The van der Waals surface area contributed by atoms with E-state index in [4.69, 9.17) is 21.3 Å². The van der Waals surface area contributed by atoms with Gasteiger partial charge in [-0.2, -0.15) is 0 Å². The van der Waals surface area contributed by atoms with Gasteiger partial charge in [0.25, 0.3) is 11.8 Å². The summed E-state index contributed by atoms with van der Waals surface area (Å²) >= 11 is 6.37. The molecular formula is C27H29ClN4O3. The van der Waals surface area contributed by atoms with E-state index in [0.717, 1.165) is 58.7 Å². The third-order valence-corrected chi connectivity index (χ3v) is 8.05. The SMILES string of the molecule is Cn1c(C2CCC2)nc2cc(C(=O)N3CCc4c(Cl)cccc4C3)cc(NC(=O)[C@H]3CCCO3)c21. The van der Waals surface area contributed by atoms with Crippen molar-refractivity contribution in [3.05, 3.63) is 57.9 Å². The van der Waals surface area contributed by atoms with Crippen LogP contribution in [0.25, 0.3) is 11.0 Å². The first-order valence-corrected chi connectivity index (χ1v) is 12.9. The number of benzene rings is 2. The third-order valence-electron chi connectivity index (χ3n) is 7.70. The number of hydrogen-bond acceptors (Lipinski definition) is 4. The van der Waals surface area contributed by atoms with E-state index in [-0.39, 0.29) is 11.8 Å². The largest absolute Gasteiger partial charge is 0.368 e. The van der Waals surface area contributed by atoms with Crippen molar-refractivity contribution in [3.8, 4) is 0 Å². The Hall–Kier alpha value is -2.90. The fourth-order valence-electron chi connectivity index (χ4n) is 5.54. The van der Waals surface area contributed by atoms with Crippen LogP contribution in [-0.4, -0.2) is 45.5 Å². The standard InChI is InChI=1S/C27H29ClN4O3/c1-31-24-21(29-25(31)16-5-2-6-16)13-18(14-22(24)30-26(33)23-9-4-12-35-23)27(34)32-11-10-19-17(15-32)7-3-8-20(19)28/h3,7-8,13-14,16,23H,2,4-6,9-12,15H2,1H3,(H,30,33)/t23-/m1/s1. The maximum Gasteiger partial charge on any atom is 0.254 e. The summed E-state index contributed by atoms with van der Waals surface area (Å²) < 4.78 is 7.68. The number of imidazole rings is 1. The van der Waals surface area contributed by atoms with Crippen LogP contribution in [0, 0.1) is 0 Å². The number of aromatic nitrogens is 2. The Morgan fingerprint density at radius 2 is 2.03 bits per heavy atom. The summed E-state index contributed by atoms with van der Waals surface area (Å²) in [6.45, 7) is 1.71. The molecule has 6 rings (SSSR count). The molecule has 7 nitrogen and oxygen atoms in total. The molecule has 1 atom stereocenters. The highest BCUT2D eigenvalue weighted by atomic mass is 35.5. The van der Waals surface area contributed by atoms with Crippen LogP contribution in [-0.2, 0) is 29.5 Å². The predicted octanol–water partition coefficient (Wildman–Crippen LogP) is 4.81. The van der Waals surface area contributed by atoms with Crippen LogP contribution in [0.15, 0.2) is 30.3 Å². The molecule has 3 heterocycles. The first kappa shape index (κ1) is 22.6. The first-order valence-electron chi connectivity index (χ1n) is 12.5. The van der Waals surface area contributed by atoms with Crippen molar-refractivity contribution in [1.29, 1.82) is 0 Å². The van der Waals surface area contributed by atoms with E-state index in [1.807, 2.05) is 36.2 Å². The van der Waals surface area contributed by atoms with E-state index in [1.165, 1.54) is 6.42 Å². The second-order valence-corrected chi connectivity index (χ2v) is 10.3. The highest BCUT2D eigenvalue weighted by molar-refractivity contribution is 6.31. The smallest absolute Gasteiger partial charge is 0.254 e. The van der Waals surface area contributed by atoms with E-state index in [0.29, 0.717) is 43.3 Å². The quantitative estimate of drug-likeness (QED) is 0.567. The number of amides is 2. The van der Waals surface area contributed by atoms with Crippen LogP contribution in [0.2, 0.25) is 5.02 Å². The summed E-state index contributed by atoms with van der Waals surface area (Å²) in [5, 5.41) is 3.82. The van der Waals surface area contributed by atoms with Crippen molar-refractivity contribution >= 4 is 40.1 Å². The number of rotatable bonds is 4. The Kier molecular flexibility index (Phi) is 5.77. The lowest BCUT2D eigenvalue weighted by atomic mass is 9.85. The number of nitrogens with zero attached hydrogens (tertiary/aromatic N) is 3. The van der Waals surface area contributed by atoms with Gasteiger partial charge in [0.05, 0.1) is 16.7 Å². The average molecular weight is 493 g/mol. The van der Waals surface area contributed by atoms with Crippen molar-refractivity contribution in [2.45, 2.75) is 57.1 Å². The highest BCUT2D eigenvalue weighted by Gasteiger charge is 2.30. The van der Waals surface area contributed by atoms with Gasteiger partial charge in [-0.25, -0.2) is 4.98 Å². The minimum absolute atomic E-state index is 0.0685. The molecule has 1 N–H and O–H groups in total. The van der Waals surface area contributed by atoms with Gasteiger partial charge in [-0.3, -0.25) is 9.59 Å². The summed E-state index contributed by atoms with van der Waals surface area (Å²) in [7, 11) is 2.00. The molecule has 3 aromatic rings. The molecule has 0 radical (unpaired) electrons. The number of anilines is 1. The number of halogens is 1. The number of carbonyl (C=O) groups excluding carboxylic acids is 2. The fourth-order valence-corrected chi connectivity index (χ4v) is 5.83. The van der Waals surface area contributed by atoms with E-state index in [9.17, 15) is 9.59 Å². The van der Waals surface area contributed by atoms with E-state index in [1.54, 1.807) is 6.07 Å². The van der Waals surface area contributed by atoms with Crippen LogP contribution in [0.4, 0.5) is 5.69 Å². The van der Waals surface area contributed by atoms with Gasteiger partial charge in [0.1, 0.15) is 11.9 Å². The van der Waals surface area contributed by atoms with Crippen LogP contribution in [0.1, 0.15) is 65.3 Å². The van der Waals surface area contributed by atoms with Crippen LogP contribution < -0.4 is 5.32 Å². The average Bonchev–Trinajstić information content (AvgIpc) is 3.47. The number of fused-ring (bicyclic) bond motifs is 2. The maximum absolute atomic E-state index is 13.6. The minimum Gasteiger partial charge on any atom is -0.368 e. The second kappa shape index (κ2) is 8.95. The van der Waals surface area contributed by atoms with Crippen LogP contribution in [0.5, 0.6) is 0 Å². The van der Waals surface area contributed by atoms with Crippen LogP contribution >= 0.6 is 11.6 Å². The summed E-state index contributed by atoms with van der Waals surface area (Å²) in [5.74, 6) is 1.21. The number of hydrogen-bond donors (Lipinski definition) is 1. The molecule has 1 aromatic heterocycles. The first-order chi connectivity index (χ1) is 17.0. The van der Waals surface area contributed by atoms with E-state index < -0.39 is 6.10 Å². The number of ether oxygens (including phenoxy) is 1. The predicted molar refractivity (Wildman–Crippen MR) is 135 cm³/mol. The zero-order valence-corrected chi connectivity index (χ0v) is 20.6. The number of aryl methyl sites for hydroxylation is 1. The van der Waals surface area contributed by atoms with E-state index in [2.05, 4.69) is 9.88 Å². The molecule has 2 aliphatic heterocycles. The lowest BCUT2D eigenvalue weighted by Gasteiger charge is -2.29. The Labute approximate surface area is 209 Å². The zero-order chi connectivity index (χ0) is 24.1. The molecule has 2 fully saturated rings. The van der Waals surface area contributed by atoms with Gasteiger partial charge < -0.3 is 19.5 Å². The van der Waals surface area contributed by atoms with Gasteiger partial charge in [-0.15, -0.1) is 0 Å². The van der Waals surface area contributed by atoms with Crippen molar-refractivity contribution in [3.63, 3.8) is 0 Å². The minimum atomic E-state index is -0.452. The molecule has 1 aliphatic carbocycles. The van der Waals surface area contributed by atoms with Gasteiger partial charge in [0.15, 0.2) is 0 Å². The molecular weight excluding hydrogens is 464 g/mol. The lowest BCUT2D eigenvalue weighted by molar-refractivity contribution is -0.124. The van der Waals surface area contributed by atoms with Gasteiger partial charge in [-0.05, 0) is 61.4 Å². The molecule has 0 bridgehead atoms. The van der Waals surface area contributed by atoms with Gasteiger partial charge in [0.2, 0.25) is 0 Å². The van der Waals surface area contributed by atoms with Gasteiger partial charge >= 0.3 is 0 Å². The Balaban J connectivity index is 1.36. The molecule has 0 unspecified atom stereocenters. The van der Waals surface area contributed by atoms with Crippen molar-refractivity contribution < 1.29 is 14.3 Å². The summed E-state index contributed by atoms with van der Waals surface area (Å²) in [6.07, 6.45) is 5.31. The maximum atomic E-state index is 13.6. The number of carbonyl (C=O) groups is 2. The van der Waals surface area contributed by atoms with Crippen molar-refractivity contribution in [2.75, 3.05) is 18.5 Å². The second-order valence-electron chi connectivity index (χ2n) is 9.89. The molecule has 1 saturated carbocycles. The molecule has 2 amide bonds. The van der Waals surface area contributed by atoms with Gasteiger partial charge in [-0.1, -0.05) is 30.2 Å². The molecule has 182 valence electrons. The summed E-state index contributed by atoms with van der Waals surface area (Å²) in [5.41, 5.74) is 4.94. The molecule has 8 heteroatoms. The number of nitrogens with one attached hydrogen (secondary N) is 1. The van der Waals surface area contributed by atoms with Crippen molar-refractivity contribution in [2.24, 2.45) is 7.05 Å². The van der Waals surface area contributed by atoms with Crippen LogP contribution in [0.3, 0.4) is 0 Å². The normalized spacial score (nSPS) is 20.1. The Bertz CT molecular complexity index is 1320. The fraction of sp³-hybridized carbons (Fsp3) is 0.444. The molecule has 35 heavy (non-hydrogen) atoms. The topological polar surface area (TPSA) is 76.5 Å². The van der Waals surface area contributed by atoms with Crippen molar-refractivity contribution in [1.82, 2.24) is 14.5 Å². The molecule has 3 aliphatic rings.